The van der Waals surface area contributed by atoms with E-state index in [-0.39, 0.29) is 20.7 Å². The molecule has 0 spiro atoms. The van der Waals surface area contributed by atoms with Gasteiger partial charge in [0.2, 0.25) is 0 Å². The lowest BCUT2D eigenvalue weighted by atomic mass is 9.45. The zero-order chi connectivity index (χ0) is 20.8. The first-order valence-electron chi connectivity index (χ1n) is 11.6. The zero-order valence-electron chi connectivity index (χ0n) is 17.9. The number of esters is 1. The van der Waals surface area contributed by atoms with E-state index in [1.807, 2.05) is 6.92 Å². The second kappa shape index (κ2) is 6.56. The van der Waals surface area contributed by atoms with Crippen molar-refractivity contribution in [3.8, 4) is 0 Å². The van der Waals surface area contributed by atoms with Crippen molar-refractivity contribution in [1.82, 2.24) is 0 Å². The maximum Gasteiger partial charge on any atom is 0.314 e. The van der Waals surface area contributed by atoms with E-state index in [2.05, 4.69) is 45.7 Å². The van der Waals surface area contributed by atoms with Gasteiger partial charge in [0.05, 0.1) is 8.65 Å². The number of alkyl halides is 2. The van der Waals surface area contributed by atoms with E-state index < -0.39 is 5.41 Å². The van der Waals surface area contributed by atoms with Crippen LogP contribution in [-0.2, 0) is 14.3 Å². The molecule has 0 N–H and O–H groups in total. The molecule has 0 heterocycles. The normalized spacial score (nSPS) is 52.9. The third-order valence-corrected chi connectivity index (χ3v) is 12.6. The fourth-order valence-electron chi connectivity index (χ4n) is 8.00. The molecule has 0 amide bonds. The number of ether oxygens (including phenoxy) is 1. The SMILES string of the molecule is C[C@]12CC[C@@H](OC(=O)[C@]3(C)CC3(Br)Br)C[C@@H]1CC[C@H]1[C@@H]2CC[C@]2(C)C(=O)CC[C@@H]12. The third kappa shape index (κ3) is 2.91. The summed E-state index contributed by atoms with van der Waals surface area (Å²) in [4.78, 5) is 25.3. The molecule has 5 aliphatic carbocycles. The quantitative estimate of drug-likeness (QED) is 0.306. The Morgan fingerprint density at radius 1 is 1.00 bits per heavy atom. The summed E-state index contributed by atoms with van der Waals surface area (Å²) in [5, 5.41) is 0. The molecule has 5 saturated carbocycles. The Hall–Kier alpha value is 0.1000. The highest BCUT2D eigenvalue weighted by Crippen LogP contribution is 2.68. The number of hydrogen-bond donors (Lipinski definition) is 0. The number of hydrogen-bond acceptors (Lipinski definition) is 3. The van der Waals surface area contributed by atoms with Gasteiger partial charge in [0.1, 0.15) is 11.9 Å². The fourth-order valence-corrected chi connectivity index (χ4v) is 9.44. The predicted octanol–water partition coefficient (Wildman–Crippen LogP) is 6.41. The first-order valence-corrected chi connectivity index (χ1v) is 13.2. The highest BCUT2D eigenvalue weighted by Gasteiger charge is 2.68. The van der Waals surface area contributed by atoms with Crippen LogP contribution in [0.5, 0.6) is 0 Å². The van der Waals surface area contributed by atoms with E-state index in [4.69, 9.17) is 4.74 Å². The van der Waals surface area contributed by atoms with Crippen molar-refractivity contribution in [2.24, 2.45) is 39.9 Å². The maximum atomic E-state index is 12.8. The lowest BCUT2D eigenvalue weighted by Gasteiger charge is -2.60. The first-order chi connectivity index (χ1) is 13.5. The summed E-state index contributed by atoms with van der Waals surface area (Å²) < 4.78 is 5.76. The van der Waals surface area contributed by atoms with Crippen molar-refractivity contribution >= 4 is 43.6 Å². The van der Waals surface area contributed by atoms with Crippen molar-refractivity contribution in [2.75, 3.05) is 0 Å². The van der Waals surface area contributed by atoms with Crippen molar-refractivity contribution < 1.29 is 14.3 Å². The molecule has 29 heavy (non-hydrogen) atoms. The summed E-state index contributed by atoms with van der Waals surface area (Å²) in [6.07, 6.45) is 10.8. The Kier molecular flexibility index (Phi) is 4.74. The van der Waals surface area contributed by atoms with E-state index in [0.717, 1.165) is 50.4 Å². The molecule has 5 rings (SSSR count). The van der Waals surface area contributed by atoms with Crippen LogP contribution in [0.2, 0.25) is 0 Å². The maximum absolute atomic E-state index is 12.8. The lowest BCUT2D eigenvalue weighted by molar-refractivity contribution is -0.167. The van der Waals surface area contributed by atoms with E-state index in [1.165, 1.54) is 25.7 Å². The number of fused-ring (bicyclic) bond motifs is 5. The summed E-state index contributed by atoms with van der Waals surface area (Å²) >= 11 is 7.20. The standard InChI is InChI=1S/C24H34Br2O3/c1-21-10-8-15(29-20(28)23(3)13-24(23,25)26)12-14(21)4-5-16-17-6-7-19(27)22(17,2)11-9-18(16)21/h14-18H,4-13H2,1-3H3/t14-,15+,16+,17-,18-,21-,22-,23-/m0/s1. The Labute approximate surface area is 191 Å². The third-order valence-electron chi connectivity index (χ3n) is 10.3. The molecule has 5 heteroatoms. The second-order valence-corrected chi connectivity index (χ2v) is 15.4. The molecule has 162 valence electrons. The van der Waals surface area contributed by atoms with Gasteiger partial charge in [0.15, 0.2) is 0 Å². The average molecular weight is 530 g/mol. The molecule has 0 aliphatic heterocycles. The summed E-state index contributed by atoms with van der Waals surface area (Å²) in [5.74, 6) is 3.23. The minimum absolute atomic E-state index is 0.0331. The Balaban J connectivity index is 1.28. The molecule has 0 radical (unpaired) electrons. The predicted molar refractivity (Wildman–Crippen MR) is 120 cm³/mol. The second-order valence-electron chi connectivity index (χ2n) is 11.6. The molecule has 5 fully saturated rings. The van der Waals surface area contributed by atoms with Gasteiger partial charge in [-0.2, -0.15) is 0 Å². The molecule has 3 nitrogen and oxygen atoms in total. The number of rotatable bonds is 2. The van der Waals surface area contributed by atoms with E-state index in [9.17, 15) is 9.59 Å². The Bertz CT molecular complexity index is 750. The van der Waals surface area contributed by atoms with Crippen LogP contribution in [0, 0.1) is 39.9 Å². The zero-order valence-corrected chi connectivity index (χ0v) is 21.1. The van der Waals surface area contributed by atoms with Gasteiger partial charge in [0.25, 0.3) is 0 Å². The van der Waals surface area contributed by atoms with Crippen LogP contribution < -0.4 is 0 Å². The summed E-state index contributed by atoms with van der Waals surface area (Å²) in [6.45, 7) is 6.77. The van der Waals surface area contributed by atoms with Crippen LogP contribution in [0.1, 0.15) is 85.0 Å². The summed E-state index contributed by atoms with van der Waals surface area (Å²) in [6, 6.07) is 0. The Morgan fingerprint density at radius 2 is 1.72 bits per heavy atom. The van der Waals surface area contributed by atoms with Gasteiger partial charge in [-0.1, -0.05) is 45.7 Å². The van der Waals surface area contributed by atoms with Crippen molar-refractivity contribution in [3.05, 3.63) is 0 Å². The number of ketones is 1. The monoisotopic (exact) mass is 528 g/mol. The van der Waals surface area contributed by atoms with Crippen LogP contribution in [0.3, 0.4) is 0 Å². The smallest absolute Gasteiger partial charge is 0.314 e. The number of carbonyl (C=O) groups excluding carboxylic acids is 2. The molecule has 5 aliphatic rings. The minimum Gasteiger partial charge on any atom is -0.462 e. The Morgan fingerprint density at radius 3 is 2.41 bits per heavy atom. The van der Waals surface area contributed by atoms with Crippen LogP contribution >= 0.6 is 31.9 Å². The molecule has 0 aromatic heterocycles. The fraction of sp³-hybridized carbons (Fsp3) is 0.917. The summed E-state index contributed by atoms with van der Waals surface area (Å²) in [5.41, 5.74) is -0.111. The molecule has 0 aromatic carbocycles. The largest absolute Gasteiger partial charge is 0.462 e. The molecule has 0 saturated heterocycles. The molecule has 0 unspecified atom stereocenters. The molecule has 8 atom stereocenters. The van der Waals surface area contributed by atoms with Crippen LogP contribution in [-0.4, -0.2) is 21.1 Å². The number of halogens is 2. The minimum atomic E-state index is -0.436. The van der Waals surface area contributed by atoms with Crippen molar-refractivity contribution in [1.29, 1.82) is 0 Å². The number of Topliss-reactive ketones (excluding diaryl/α,β-unsaturated/α-hetero) is 1. The van der Waals surface area contributed by atoms with E-state index >= 15 is 0 Å². The van der Waals surface area contributed by atoms with Gasteiger partial charge in [-0.15, -0.1) is 0 Å². The van der Waals surface area contributed by atoms with E-state index in [0.29, 0.717) is 23.0 Å². The van der Waals surface area contributed by atoms with E-state index in [1.54, 1.807) is 0 Å². The van der Waals surface area contributed by atoms with Gasteiger partial charge in [-0.3, -0.25) is 9.59 Å². The van der Waals surface area contributed by atoms with Gasteiger partial charge in [0, 0.05) is 11.8 Å². The average Bonchev–Trinajstić information content (AvgIpc) is 3.03. The van der Waals surface area contributed by atoms with Gasteiger partial charge in [-0.05, 0) is 93.8 Å². The molecule has 0 aromatic rings. The number of carbonyl (C=O) groups is 2. The molecule has 0 bridgehead atoms. The van der Waals surface area contributed by atoms with Crippen LogP contribution in [0.25, 0.3) is 0 Å². The van der Waals surface area contributed by atoms with Crippen molar-refractivity contribution in [2.45, 2.75) is 94.3 Å². The van der Waals surface area contributed by atoms with Crippen LogP contribution in [0.4, 0.5) is 0 Å². The molecular formula is C24H34Br2O3. The van der Waals surface area contributed by atoms with Gasteiger partial charge in [-0.25, -0.2) is 0 Å². The lowest BCUT2D eigenvalue weighted by Crippen LogP contribution is -2.54. The van der Waals surface area contributed by atoms with Crippen LogP contribution in [0.15, 0.2) is 0 Å². The van der Waals surface area contributed by atoms with Gasteiger partial charge < -0.3 is 4.74 Å². The summed E-state index contributed by atoms with van der Waals surface area (Å²) in [7, 11) is 0. The van der Waals surface area contributed by atoms with Gasteiger partial charge >= 0.3 is 5.97 Å². The first kappa shape index (κ1) is 21.0. The highest BCUT2D eigenvalue weighted by atomic mass is 79.9. The van der Waals surface area contributed by atoms with Crippen molar-refractivity contribution in [3.63, 3.8) is 0 Å². The highest BCUT2D eigenvalue weighted by molar-refractivity contribution is 9.25. The molecular weight excluding hydrogens is 496 g/mol. The topological polar surface area (TPSA) is 43.4 Å².